The van der Waals surface area contributed by atoms with Gasteiger partial charge >= 0.3 is 0 Å². The van der Waals surface area contributed by atoms with Crippen LogP contribution in [0.1, 0.15) is 36.8 Å². The van der Waals surface area contributed by atoms with Crippen LogP contribution in [0.15, 0.2) is 48.5 Å². The summed E-state index contributed by atoms with van der Waals surface area (Å²) in [5.41, 5.74) is 5.97. The standard InChI is InChI=1S/C20H22N2/c1-12-17-13-7-3-6-10-16(13)22-19(12)20(2)11-21-15-9-5-4-8-14(15)18(17)20/h3-10,12,17-19,21-22H,11H2,1-2H3/t12-,17+,18?,19+,20?/m1/s1. The number of para-hydroxylation sites is 2. The van der Waals surface area contributed by atoms with Crippen molar-refractivity contribution in [3.8, 4) is 0 Å². The molecule has 2 heterocycles. The summed E-state index contributed by atoms with van der Waals surface area (Å²) in [7, 11) is 0. The van der Waals surface area contributed by atoms with E-state index in [4.69, 9.17) is 0 Å². The van der Waals surface area contributed by atoms with E-state index in [-0.39, 0.29) is 5.41 Å². The largest absolute Gasteiger partial charge is 0.384 e. The van der Waals surface area contributed by atoms with Crippen LogP contribution in [0.5, 0.6) is 0 Å². The van der Waals surface area contributed by atoms with Gasteiger partial charge in [-0.25, -0.2) is 0 Å². The van der Waals surface area contributed by atoms with Crippen molar-refractivity contribution in [3.05, 3.63) is 59.7 Å². The first kappa shape index (κ1) is 12.6. The predicted octanol–water partition coefficient (Wildman–Crippen LogP) is 4.43. The number of hydrogen-bond donors (Lipinski definition) is 2. The van der Waals surface area contributed by atoms with Crippen molar-refractivity contribution >= 4 is 11.4 Å². The van der Waals surface area contributed by atoms with Crippen LogP contribution in [-0.4, -0.2) is 12.6 Å². The first-order chi connectivity index (χ1) is 10.7. The smallest absolute Gasteiger partial charge is 0.0378 e. The molecule has 2 N–H and O–H groups in total. The Morgan fingerprint density at radius 2 is 1.64 bits per heavy atom. The van der Waals surface area contributed by atoms with Crippen molar-refractivity contribution in [2.24, 2.45) is 11.3 Å². The van der Waals surface area contributed by atoms with Gasteiger partial charge in [0.05, 0.1) is 0 Å². The fourth-order valence-corrected chi connectivity index (χ4v) is 5.54. The lowest BCUT2D eigenvalue weighted by Gasteiger charge is -2.42. The van der Waals surface area contributed by atoms with Crippen LogP contribution in [0.3, 0.4) is 0 Å². The van der Waals surface area contributed by atoms with E-state index in [2.05, 4.69) is 73.0 Å². The zero-order chi connectivity index (χ0) is 14.9. The van der Waals surface area contributed by atoms with Gasteiger partial charge in [0.25, 0.3) is 0 Å². The molecule has 2 bridgehead atoms. The molecule has 1 saturated carbocycles. The van der Waals surface area contributed by atoms with Crippen molar-refractivity contribution in [2.45, 2.75) is 31.7 Å². The molecule has 2 unspecified atom stereocenters. The second kappa shape index (κ2) is 4.07. The lowest BCUT2D eigenvalue weighted by atomic mass is 9.68. The van der Waals surface area contributed by atoms with Crippen LogP contribution in [0.2, 0.25) is 0 Å². The second-order valence-electron chi connectivity index (χ2n) is 7.52. The highest BCUT2D eigenvalue weighted by Gasteiger charge is 2.60. The van der Waals surface area contributed by atoms with Gasteiger partial charge in [0, 0.05) is 35.3 Å². The number of rotatable bonds is 0. The van der Waals surface area contributed by atoms with Gasteiger partial charge in [-0.2, -0.15) is 0 Å². The van der Waals surface area contributed by atoms with Crippen LogP contribution in [0.4, 0.5) is 11.4 Å². The summed E-state index contributed by atoms with van der Waals surface area (Å²) in [5.74, 6) is 1.88. The van der Waals surface area contributed by atoms with E-state index in [1.807, 2.05) is 0 Å². The van der Waals surface area contributed by atoms with Crippen LogP contribution in [0.25, 0.3) is 0 Å². The lowest BCUT2D eigenvalue weighted by molar-refractivity contribution is 0.274. The Balaban J connectivity index is 1.77. The molecule has 112 valence electrons. The first-order valence-corrected chi connectivity index (χ1v) is 8.38. The van der Waals surface area contributed by atoms with Gasteiger partial charge in [-0.1, -0.05) is 50.2 Å². The average molecular weight is 290 g/mol. The molecular weight excluding hydrogens is 268 g/mol. The van der Waals surface area contributed by atoms with E-state index in [9.17, 15) is 0 Å². The van der Waals surface area contributed by atoms with Crippen molar-refractivity contribution < 1.29 is 0 Å². The van der Waals surface area contributed by atoms with E-state index in [1.165, 1.54) is 22.5 Å². The van der Waals surface area contributed by atoms with Gasteiger partial charge in [-0.05, 0) is 35.1 Å². The molecule has 0 aromatic heterocycles. The molecule has 1 aliphatic carbocycles. The van der Waals surface area contributed by atoms with Crippen LogP contribution in [-0.2, 0) is 0 Å². The molecular formula is C20H22N2. The van der Waals surface area contributed by atoms with E-state index in [0.717, 1.165) is 6.54 Å². The SMILES string of the molecule is C[C@@H]1[C@H]2c3ccccc3N[C@@H]1C1(C)CNc3ccccc3C21. The number of benzene rings is 2. The highest BCUT2D eigenvalue weighted by atomic mass is 15.0. The molecule has 2 aromatic carbocycles. The number of nitrogens with one attached hydrogen (secondary N) is 2. The summed E-state index contributed by atoms with van der Waals surface area (Å²) >= 11 is 0. The Hall–Kier alpha value is -1.96. The summed E-state index contributed by atoms with van der Waals surface area (Å²) in [5, 5.41) is 7.56. The van der Waals surface area contributed by atoms with E-state index < -0.39 is 0 Å². The maximum atomic E-state index is 3.87. The van der Waals surface area contributed by atoms with Crippen molar-refractivity contribution in [1.29, 1.82) is 0 Å². The van der Waals surface area contributed by atoms with E-state index in [1.54, 1.807) is 0 Å². The Morgan fingerprint density at radius 3 is 2.45 bits per heavy atom. The Kier molecular flexibility index (Phi) is 2.32. The van der Waals surface area contributed by atoms with E-state index >= 15 is 0 Å². The summed E-state index contributed by atoms with van der Waals surface area (Å²) < 4.78 is 0. The van der Waals surface area contributed by atoms with Crippen LogP contribution in [0, 0.1) is 11.3 Å². The molecule has 0 saturated heterocycles. The Bertz CT molecular complexity index is 753. The molecule has 3 aliphatic rings. The molecule has 0 amide bonds. The van der Waals surface area contributed by atoms with Gasteiger partial charge in [0.15, 0.2) is 0 Å². The molecule has 22 heavy (non-hydrogen) atoms. The fraction of sp³-hybridized carbons (Fsp3) is 0.400. The molecule has 2 aromatic rings. The van der Waals surface area contributed by atoms with Gasteiger partial charge in [-0.3, -0.25) is 0 Å². The first-order valence-electron chi connectivity index (χ1n) is 8.38. The molecule has 0 radical (unpaired) electrons. The molecule has 5 atom stereocenters. The molecule has 5 rings (SSSR count). The Morgan fingerprint density at radius 1 is 0.955 bits per heavy atom. The highest BCUT2D eigenvalue weighted by Crippen LogP contribution is 2.65. The minimum absolute atomic E-state index is 0.261. The topological polar surface area (TPSA) is 24.1 Å². The molecule has 0 spiro atoms. The molecule has 2 aliphatic heterocycles. The average Bonchev–Trinajstić information content (AvgIpc) is 2.70. The zero-order valence-electron chi connectivity index (χ0n) is 13.1. The normalized spacial score (nSPS) is 37.4. The molecule has 2 heteroatoms. The maximum absolute atomic E-state index is 3.87. The minimum Gasteiger partial charge on any atom is -0.384 e. The van der Waals surface area contributed by atoms with Gasteiger partial charge in [0.2, 0.25) is 0 Å². The summed E-state index contributed by atoms with van der Waals surface area (Å²) in [6.45, 7) is 5.96. The van der Waals surface area contributed by atoms with Crippen LogP contribution >= 0.6 is 0 Å². The third-order valence-corrected chi connectivity index (χ3v) is 6.46. The van der Waals surface area contributed by atoms with Crippen molar-refractivity contribution in [1.82, 2.24) is 0 Å². The van der Waals surface area contributed by atoms with Crippen molar-refractivity contribution in [3.63, 3.8) is 0 Å². The number of hydrogen-bond acceptors (Lipinski definition) is 2. The molecule has 1 fully saturated rings. The third-order valence-electron chi connectivity index (χ3n) is 6.46. The lowest BCUT2D eigenvalue weighted by Crippen LogP contribution is -2.46. The monoisotopic (exact) mass is 290 g/mol. The number of anilines is 2. The summed E-state index contributed by atoms with van der Waals surface area (Å²) in [4.78, 5) is 0. The predicted molar refractivity (Wildman–Crippen MR) is 91.5 cm³/mol. The number of fused-ring (bicyclic) bond motifs is 9. The minimum atomic E-state index is 0.261. The second-order valence-corrected chi connectivity index (χ2v) is 7.52. The summed E-state index contributed by atoms with van der Waals surface area (Å²) in [6, 6.07) is 18.4. The maximum Gasteiger partial charge on any atom is 0.0378 e. The van der Waals surface area contributed by atoms with Crippen LogP contribution < -0.4 is 10.6 Å². The highest BCUT2D eigenvalue weighted by molar-refractivity contribution is 5.65. The van der Waals surface area contributed by atoms with Gasteiger partial charge in [0.1, 0.15) is 0 Å². The zero-order valence-corrected chi connectivity index (χ0v) is 13.1. The van der Waals surface area contributed by atoms with E-state index in [0.29, 0.717) is 23.8 Å². The quantitative estimate of drug-likeness (QED) is 0.750. The third kappa shape index (κ3) is 1.36. The van der Waals surface area contributed by atoms with Crippen molar-refractivity contribution in [2.75, 3.05) is 17.2 Å². The van der Waals surface area contributed by atoms with Gasteiger partial charge in [-0.15, -0.1) is 0 Å². The van der Waals surface area contributed by atoms with Gasteiger partial charge < -0.3 is 10.6 Å². The summed E-state index contributed by atoms with van der Waals surface area (Å²) in [6.07, 6.45) is 0. The Labute approximate surface area is 131 Å². The fourth-order valence-electron chi connectivity index (χ4n) is 5.54. The molecule has 2 nitrogen and oxygen atoms in total.